The second kappa shape index (κ2) is 5.24. The van der Waals surface area contributed by atoms with E-state index in [1.165, 1.54) is 0 Å². The normalized spacial score (nSPS) is 18.0. The average molecular weight is 250 g/mol. The number of hydrogen-bond donors (Lipinski definition) is 2. The van der Waals surface area contributed by atoms with Crippen LogP contribution in [0.2, 0.25) is 0 Å². The summed E-state index contributed by atoms with van der Waals surface area (Å²) in [5.74, 6) is 0.882. The Hall–Kier alpha value is -1.13. The van der Waals surface area contributed by atoms with Gasteiger partial charge in [-0.3, -0.25) is 0 Å². The minimum Gasteiger partial charge on any atom is -0.392 e. The summed E-state index contributed by atoms with van der Waals surface area (Å²) in [7, 11) is 1.96. The third-order valence-corrected chi connectivity index (χ3v) is 3.72. The Balaban J connectivity index is 2.11. The first-order valence-corrected chi connectivity index (χ1v) is 6.54. The Morgan fingerprint density at radius 1 is 1.39 bits per heavy atom. The zero-order valence-electron chi connectivity index (χ0n) is 11.2. The van der Waals surface area contributed by atoms with Gasteiger partial charge in [0.15, 0.2) is 0 Å². The molecule has 1 aliphatic rings. The Morgan fingerprint density at radius 3 is 2.61 bits per heavy atom. The zero-order chi connectivity index (χ0) is 13.2. The lowest BCUT2D eigenvalue weighted by atomic mass is 10.0. The van der Waals surface area contributed by atoms with Gasteiger partial charge in [-0.05, 0) is 37.0 Å². The fourth-order valence-electron chi connectivity index (χ4n) is 2.82. The Bertz CT molecular complexity index is 414. The summed E-state index contributed by atoms with van der Waals surface area (Å²) in [4.78, 5) is 6.39. The van der Waals surface area contributed by atoms with Crippen molar-refractivity contribution >= 4 is 5.82 Å². The number of aliphatic hydroxyl groups is 2. The van der Waals surface area contributed by atoms with Crippen LogP contribution < -0.4 is 4.90 Å². The van der Waals surface area contributed by atoms with Crippen molar-refractivity contribution in [2.45, 2.75) is 44.8 Å². The van der Waals surface area contributed by atoms with E-state index in [-0.39, 0.29) is 6.61 Å². The van der Waals surface area contributed by atoms with Crippen LogP contribution in [0.1, 0.15) is 36.8 Å². The van der Waals surface area contributed by atoms with Crippen molar-refractivity contribution in [2.75, 3.05) is 18.5 Å². The van der Waals surface area contributed by atoms with E-state index in [0.717, 1.165) is 42.6 Å². The summed E-state index contributed by atoms with van der Waals surface area (Å²) in [6.07, 6.45) is 5.67. The van der Waals surface area contributed by atoms with E-state index >= 15 is 0 Å². The van der Waals surface area contributed by atoms with Gasteiger partial charge in [0.2, 0.25) is 0 Å². The SMILES string of the molecule is Cc1cc(CO)cnc1N(C)CC1(O)CCCC1. The molecule has 0 saturated heterocycles. The maximum Gasteiger partial charge on any atom is 0.131 e. The highest BCUT2D eigenvalue weighted by molar-refractivity contribution is 5.47. The smallest absolute Gasteiger partial charge is 0.131 e. The molecule has 1 heterocycles. The van der Waals surface area contributed by atoms with E-state index in [1.807, 2.05) is 24.9 Å². The summed E-state index contributed by atoms with van der Waals surface area (Å²) in [5.41, 5.74) is 1.30. The van der Waals surface area contributed by atoms with Gasteiger partial charge in [-0.1, -0.05) is 12.8 Å². The van der Waals surface area contributed by atoms with Gasteiger partial charge in [-0.2, -0.15) is 0 Å². The number of hydrogen-bond acceptors (Lipinski definition) is 4. The van der Waals surface area contributed by atoms with Crippen molar-refractivity contribution in [3.8, 4) is 0 Å². The lowest BCUT2D eigenvalue weighted by molar-refractivity contribution is 0.0558. The molecule has 2 rings (SSSR count). The minimum absolute atomic E-state index is 0.0156. The van der Waals surface area contributed by atoms with Gasteiger partial charge in [0.25, 0.3) is 0 Å². The molecule has 1 aromatic rings. The predicted octanol–water partition coefficient (Wildman–Crippen LogP) is 1.62. The van der Waals surface area contributed by atoms with Crippen LogP contribution in [0.4, 0.5) is 5.82 Å². The van der Waals surface area contributed by atoms with Crippen LogP contribution in [0.15, 0.2) is 12.3 Å². The third-order valence-electron chi connectivity index (χ3n) is 3.72. The van der Waals surface area contributed by atoms with Crippen LogP contribution in [-0.2, 0) is 6.61 Å². The third kappa shape index (κ3) is 2.82. The first-order valence-electron chi connectivity index (χ1n) is 6.54. The fourth-order valence-corrected chi connectivity index (χ4v) is 2.82. The second-order valence-electron chi connectivity index (χ2n) is 5.43. The molecule has 4 heteroatoms. The lowest BCUT2D eigenvalue weighted by Crippen LogP contribution is -2.39. The maximum absolute atomic E-state index is 10.4. The summed E-state index contributed by atoms with van der Waals surface area (Å²) in [5, 5.41) is 19.5. The second-order valence-corrected chi connectivity index (χ2v) is 5.43. The van der Waals surface area contributed by atoms with E-state index in [0.29, 0.717) is 6.54 Å². The van der Waals surface area contributed by atoms with Crippen molar-refractivity contribution < 1.29 is 10.2 Å². The lowest BCUT2D eigenvalue weighted by Gasteiger charge is -2.30. The Labute approximate surface area is 108 Å². The highest BCUT2D eigenvalue weighted by atomic mass is 16.3. The molecule has 0 bridgehead atoms. The molecule has 0 amide bonds. The van der Waals surface area contributed by atoms with Crippen molar-refractivity contribution in [1.82, 2.24) is 4.98 Å². The predicted molar refractivity (Wildman–Crippen MR) is 71.6 cm³/mol. The first-order chi connectivity index (χ1) is 8.54. The molecule has 0 aromatic carbocycles. The summed E-state index contributed by atoms with van der Waals surface area (Å²) < 4.78 is 0. The molecule has 0 atom stereocenters. The molecule has 1 saturated carbocycles. The molecular weight excluding hydrogens is 228 g/mol. The van der Waals surface area contributed by atoms with Crippen LogP contribution in [-0.4, -0.2) is 34.4 Å². The number of aryl methyl sites for hydroxylation is 1. The summed E-state index contributed by atoms with van der Waals surface area (Å²) >= 11 is 0. The summed E-state index contributed by atoms with van der Waals surface area (Å²) in [6, 6.07) is 1.94. The molecule has 0 spiro atoms. The summed E-state index contributed by atoms with van der Waals surface area (Å²) in [6.45, 7) is 2.62. The average Bonchev–Trinajstić information content (AvgIpc) is 2.75. The highest BCUT2D eigenvalue weighted by Gasteiger charge is 2.32. The largest absolute Gasteiger partial charge is 0.392 e. The number of pyridine rings is 1. The van der Waals surface area contributed by atoms with Gasteiger partial charge in [0.1, 0.15) is 5.82 Å². The van der Waals surface area contributed by atoms with Gasteiger partial charge in [-0.25, -0.2) is 4.98 Å². The standard InChI is InChI=1S/C14H22N2O2/c1-11-7-12(9-17)8-15-13(11)16(2)10-14(18)5-3-4-6-14/h7-8,17-18H,3-6,9-10H2,1-2H3. The van der Waals surface area contributed by atoms with E-state index in [1.54, 1.807) is 6.20 Å². The van der Waals surface area contributed by atoms with E-state index < -0.39 is 5.60 Å². The molecule has 1 fully saturated rings. The number of likely N-dealkylation sites (N-methyl/N-ethyl adjacent to an activating group) is 1. The Kier molecular flexibility index (Phi) is 3.88. The number of rotatable bonds is 4. The van der Waals surface area contributed by atoms with E-state index in [9.17, 15) is 5.11 Å². The molecule has 1 aliphatic carbocycles. The first kappa shape index (κ1) is 13.3. The fraction of sp³-hybridized carbons (Fsp3) is 0.643. The van der Waals surface area contributed by atoms with Crippen molar-refractivity contribution in [3.63, 3.8) is 0 Å². The highest BCUT2D eigenvalue weighted by Crippen LogP contribution is 2.31. The molecule has 0 unspecified atom stereocenters. The number of anilines is 1. The molecule has 0 radical (unpaired) electrons. The zero-order valence-corrected chi connectivity index (χ0v) is 11.2. The molecule has 1 aromatic heterocycles. The maximum atomic E-state index is 10.4. The van der Waals surface area contributed by atoms with Gasteiger partial charge >= 0.3 is 0 Å². The van der Waals surface area contributed by atoms with Crippen LogP contribution in [0.3, 0.4) is 0 Å². The molecular formula is C14H22N2O2. The molecule has 100 valence electrons. The van der Waals surface area contributed by atoms with Crippen LogP contribution >= 0.6 is 0 Å². The number of nitrogens with zero attached hydrogens (tertiary/aromatic N) is 2. The van der Waals surface area contributed by atoms with Gasteiger partial charge in [-0.15, -0.1) is 0 Å². The van der Waals surface area contributed by atoms with Crippen molar-refractivity contribution in [1.29, 1.82) is 0 Å². The van der Waals surface area contributed by atoms with Crippen molar-refractivity contribution in [2.24, 2.45) is 0 Å². The Morgan fingerprint density at radius 2 is 2.06 bits per heavy atom. The monoisotopic (exact) mass is 250 g/mol. The van der Waals surface area contributed by atoms with Crippen LogP contribution in [0, 0.1) is 6.92 Å². The van der Waals surface area contributed by atoms with Crippen LogP contribution in [0.25, 0.3) is 0 Å². The van der Waals surface area contributed by atoms with Crippen molar-refractivity contribution in [3.05, 3.63) is 23.4 Å². The van der Waals surface area contributed by atoms with Gasteiger partial charge < -0.3 is 15.1 Å². The molecule has 0 aliphatic heterocycles. The number of aliphatic hydroxyl groups excluding tert-OH is 1. The van der Waals surface area contributed by atoms with Crippen LogP contribution in [0.5, 0.6) is 0 Å². The quantitative estimate of drug-likeness (QED) is 0.852. The topological polar surface area (TPSA) is 56.6 Å². The van der Waals surface area contributed by atoms with Gasteiger partial charge in [0.05, 0.1) is 12.2 Å². The molecule has 2 N–H and O–H groups in total. The minimum atomic E-state index is -0.557. The van der Waals surface area contributed by atoms with E-state index in [2.05, 4.69) is 4.98 Å². The van der Waals surface area contributed by atoms with Gasteiger partial charge in [0, 0.05) is 19.8 Å². The van der Waals surface area contributed by atoms with E-state index in [4.69, 9.17) is 5.11 Å². The molecule has 18 heavy (non-hydrogen) atoms. The number of aromatic nitrogens is 1. The molecule has 4 nitrogen and oxygen atoms in total.